The summed E-state index contributed by atoms with van der Waals surface area (Å²) >= 11 is 0. The molecule has 0 spiro atoms. The molecule has 1 atom stereocenters. The fraction of sp³-hybridized carbons (Fsp3) is 0.261. The van der Waals surface area contributed by atoms with Gasteiger partial charge in [0.25, 0.3) is 5.91 Å². The van der Waals surface area contributed by atoms with Crippen molar-refractivity contribution < 1.29 is 4.79 Å². The van der Waals surface area contributed by atoms with Gasteiger partial charge in [-0.25, -0.2) is 0 Å². The minimum absolute atomic E-state index is 0.0281. The van der Waals surface area contributed by atoms with Crippen LogP contribution >= 0.6 is 0 Å². The fourth-order valence-electron chi connectivity index (χ4n) is 3.44. The van der Waals surface area contributed by atoms with Crippen LogP contribution in [0.15, 0.2) is 60.7 Å². The Balaban J connectivity index is 1.86. The first-order valence-electron chi connectivity index (χ1n) is 9.04. The molecule has 1 heterocycles. The summed E-state index contributed by atoms with van der Waals surface area (Å²) < 4.78 is 2.11. The van der Waals surface area contributed by atoms with Gasteiger partial charge in [-0.1, -0.05) is 60.2 Å². The highest BCUT2D eigenvalue weighted by Crippen LogP contribution is 2.20. The molecule has 3 aromatic rings. The molecule has 0 aliphatic carbocycles. The first-order chi connectivity index (χ1) is 12.5. The molecular weight excluding hydrogens is 320 g/mol. The van der Waals surface area contributed by atoms with Crippen LogP contribution in [0.25, 0.3) is 0 Å². The Bertz CT molecular complexity index is 909. The van der Waals surface area contributed by atoms with Gasteiger partial charge in [0.15, 0.2) is 0 Å². The van der Waals surface area contributed by atoms with Crippen molar-refractivity contribution >= 4 is 5.91 Å². The number of carbonyl (C=O) groups is 1. The standard InChI is InChI=1S/C23H26N2O/c1-16-9-8-10-20(13-16)15-25-18(3)14-17(2)22(25)23(26)24-19(4)21-11-6-5-7-12-21/h5-14,19H,15H2,1-4H3,(H,24,26)/t19-/m1/s1. The second-order valence-corrected chi connectivity index (χ2v) is 7.00. The van der Waals surface area contributed by atoms with Crippen molar-refractivity contribution in [2.24, 2.45) is 0 Å². The maximum Gasteiger partial charge on any atom is 0.268 e. The van der Waals surface area contributed by atoms with Gasteiger partial charge in [-0.05, 0) is 50.5 Å². The van der Waals surface area contributed by atoms with Crippen LogP contribution in [0.2, 0.25) is 0 Å². The van der Waals surface area contributed by atoms with Gasteiger partial charge in [0.05, 0.1) is 6.04 Å². The normalized spacial score (nSPS) is 12.0. The van der Waals surface area contributed by atoms with Crippen molar-refractivity contribution in [1.29, 1.82) is 0 Å². The number of hydrogen-bond acceptors (Lipinski definition) is 1. The summed E-state index contributed by atoms with van der Waals surface area (Å²) in [6.45, 7) is 8.86. The number of hydrogen-bond donors (Lipinski definition) is 1. The van der Waals surface area contributed by atoms with E-state index in [1.54, 1.807) is 0 Å². The van der Waals surface area contributed by atoms with Crippen molar-refractivity contribution in [2.75, 3.05) is 0 Å². The SMILES string of the molecule is Cc1cccc(Cn2c(C)cc(C)c2C(=O)N[C@H](C)c2ccccc2)c1. The fourth-order valence-corrected chi connectivity index (χ4v) is 3.44. The second-order valence-electron chi connectivity index (χ2n) is 7.00. The molecule has 0 aliphatic heterocycles. The zero-order valence-corrected chi connectivity index (χ0v) is 15.9. The van der Waals surface area contributed by atoms with Crippen LogP contribution < -0.4 is 5.32 Å². The van der Waals surface area contributed by atoms with Crippen molar-refractivity contribution in [3.63, 3.8) is 0 Å². The average Bonchev–Trinajstić information content (AvgIpc) is 2.89. The first kappa shape index (κ1) is 18.0. The van der Waals surface area contributed by atoms with E-state index in [2.05, 4.69) is 54.1 Å². The van der Waals surface area contributed by atoms with Crippen LogP contribution in [0.1, 0.15) is 51.4 Å². The number of benzene rings is 2. The molecule has 0 unspecified atom stereocenters. The highest BCUT2D eigenvalue weighted by molar-refractivity contribution is 5.94. The molecule has 1 aromatic heterocycles. The largest absolute Gasteiger partial charge is 0.344 e. The van der Waals surface area contributed by atoms with E-state index in [1.807, 2.05) is 44.2 Å². The van der Waals surface area contributed by atoms with E-state index in [1.165, 1.54) is 11.1 Å². The molecule has 0 bridgehead atoms. The predicted molar refractivity (Wildman–Crippen MR) is 107 cm³/mol. The molecule has 0 aliphatic rings. The lowest BCUT2D eigenvalue weighted by Gasteiger charge is -2.17. The third-order valence-corrected chi connectivity index (χ3v) is 4.78. The number of amides is 1. The van der Waals surface area contributed by atoms with Gasteiger partial charge in [0.1, 0.15) is 5.69 Å². The summed E-state index contributed by atoms with van der Waals surface area (Å²) in [7, 11) is 0. The monoisotopic (exact) mass is 346 g/mol. The summed E-state index contributed by atoms with van der Waals surface area (Å²) in [5, 5.41) is 3.14. The molecule has 26 heavy (non-hydrogen) atoms. The lowest BCUT2D eigenvalue weighted by molar-refractivity contribution is 0.0930. The van der Waals surface area contributed by atoms with Crippen molar-refractivity contribution in [3.05, 3.63) is 94.3 Å². The average molecular weight is 346 g/mol. The van der Waals surface area contributed by atoms with Crippen molar-refractivity contribution in [1.82, 2.24) is 9.88 Å². The van der Waals surface area contributed by atoms with E-state index in [9.17, 15) is 4.79 Å². The van der Waals surface area contributed by atoms with E-state index in [0.29, 0.717) is 6.54 Å². The maximum absolute atomic E-state index is 13.0. The Labute approximate surface area is 155 Å². The summed E-state index contributed by atoms with van der Waals surface area (Å²) in [6, 6.07) is 20.5. The molecule has 0 fully saturated rings. The Morgan fingerprint density at radius 3 is 2.42 bits per heavy atom. The number of aromatic nitrogens is 1. The highest BCUT2D eigenvalue weighted by atomic mass is 16.2. The van der Waals surface area contributed by atoms with Gasteiger partial charge in [-0.15, -0.1) is 0 Å². The Morgan fingerprint density at radius 2 is 1.73 bits per heavy atom. The third-order valence-electron chi connectivity index (χ3n) is 4.78. The topological polar surface area (TPSA) is 34.0 Å². The molecule has 134 valence electrons. The summed E-state index contributed by atoms with van der Waals surface area (Å²) in [5.74, 6) is -0.0281. The summed E-state index contributed by atoms with van der Waals surface area (Å²) in [5.41, 5.74) is 6.38. The van der Waals surface area contributed by atoms with Crippen molar-refractivity contribution in [3.8, 4) is 0 Å². The predicted octanol–water partition coefficient (Wildman–Crippen LogP) is 4.95. The van der Waals surface area contributed by atoms with Crippen LogP contribution in [0.4, 0.5) is 0 Å². The maximum atomic E-state index is 13.0. The highest BCUT2D eigenvalue weighted by Gasteiger charge is 2.19. The van der Waals surface area contributed by atoms with Gasteiger partial charge < -0.3 is 9.88 Å². The van der Waals surface area contributed by atoms with Gasteiger partial charge >= 0.3 is 0 Å². The van der Waals surface area contributed by atoms with Gasteiger partial charge in [-0.3, -0.25) is 4.79 Å². The number of rotatable bonds is 5. The minimum Gasteiger partial charge on any atom is -0.344 e. The molecule has 1 amide bonds. The second kappa shape index (κ2) is 7.61. The molecule has 2 aromatic carbocycles. The Hall–Kier alpha value is -2.81. The van der Waals surface area contributed by atoms with Gasteiger partial charge in [-0.2, -0.15) is 0 Å². The number of carbonyl (C=O) groups excluding carboxylic acids is 1. The van der Waals surface area contributed by atoms with Gasteiger partial charge in [0.2, 0.25) is 0 Å². The summed E-state index contributed by atoms with van der Waals surface area (Å²) in [4.78, 5) is 13.0. The molecule has 3 heteroatoms. The van der Waals surface area contributed by atoms with Crippen LogP contribution in [-0.4, -0.2) is 10.5 Å². The zero-order valence-electron chi connectivity index (χ0n) is 15.9. The van der Waals surface area contributed by atoms with Crippen LogP contribution in [0, 0.1) is 20.8 Å². The van der Waals surface area contributed by atoms with Crippen LogP contribution in [0.3, 0.4) is 0 Å². The quantitative estimate of drug-likeness (QED) is 0.696. The van der Waals surface area contributed by atoms with E-state index in [0.717, 1.165) is 22.5 Å². The molecule has 0 radical (unpaired) electrons. The van der Waals surface area contributed by atoms with E-state index in [-0.39, 0.29) is 11.9 Å². The van der Waals surface area contributed by atoms with Crippen molar-refractivity contribution in [2.45, 2.75) is 40.3 Å². The zero-order chi connectivity index (χ0) is 18.7. The molecule has 1 N–H and O–H groups in total. The lowest BCUT2D eigenvalue weighted by Crippen LogP contribution is -2.29. The van der Waals surface area contributed by atoms with E-state index in [4.69, 9.17) is 0 Å². The summed E-state index contributed by atoms with van der Waals surface area (Å²) in [6.07, 6.45) is 0. The molecule has 3 rings (SSSR count). The number of nitrogens with one attached hydrogen (secondary N) is 1. The number of aryl methyl sites for hydroxylation is 3. The third kappa shape index (κ3) is 3.88. The Kier molecular flexibility index (Phi) is 5.27. The van der Waals surface area contributed by atoms with E-state index < -0.39 is 0 Å². The number of nitrogens with zero attached hydrogens (tertiary/aromatic N) is 1. The minimum atomic E-state index is -0.0364. The molecule has 0 saturated carbocycles. The van der Waals surface area contributed by atoms with Gasteiger partial charge in [0, 0.05) is 12.2 Å². The first-order valence-corrected chi connectivity index (χ1v) is 9.04. The van der Waals surface area contributed by atoms with Crippen LogP contribution in [-0.2, 0) is 6.54 Å². The van der Waals surface area contributed by atoms with E-state index >= 15 is 0 Å². The lowest BCUT2D eigenvalue weighted by atomic mass is 10.1. The smallest absolute Gasteiger partial charge is 0.268 e. The van der Waals surface area contributed by atoms with Crippen LogP contribution in [0.5, 0.6) is 0 Å². The molecule has 3 nitrogen and oxygen atoms in total. The Morgan fingerprint density at radius 1 is 1.00 bits per heavy atom. The molecule has 0 saturated heterocycles. The molecular formula is C23H26N2O.